The maximum absolute atomic E-state index is 12.4. The van der Waals surface area contributed by atoms with E-state index < -0.39 is 0 Å². The zero-order valence-corrected chi connectivity index (χ0v) is 18.3. The minimum Gasteiger partial charge on any atom is -0.495 e. The molecule has 7 nitrogen and oxygen atoms in total. The van der Waals surface area contributed by atoms with E-state index in [9.17, 15) is 9.59 Å². The molecule has 0 bridgehead atoms. The Bertz CT molecular complexity index is 1100. The summed E-state index contributed by atoms with van der Waals surface area (Å²) in [6, 6.07) is 15.7. The molecule has 2 aromatic carbocycles. The number of carbonyl (C=O) groups excluding carboxylic acids is 2. The third-order valence-corrected chi connectivity index (χ3v) is 5.04. The van der Waals surface area contributed by atoms with Crippen molar-refractivity contribution in [3.05, 3.63) is 54.2 Å². The van der Waals surface area contributed by atoms with E-state index in [-0.39, 0.29) is 24.7 Å². The number of aromatic nitrogens is 1. The first kappa shape index (κ1) is 22.1. The highest BCUT2D eigenvalue weighted by molar-refractivity contribution is 5.96. The van der Waals surface area contributed by atoms with E-state index in [4.69, 9.17) is 4.74 Å². The van der Waals surface area contributed by atoms with Crippen LogP contribution in [0.3, 0.4) is 0 Å². The summed E-state index contributed by atoms with van der Waals surface area (Å²) in [5, 5.41) is 3.93. The fraction of sp³-hybridized carbons (Fsp3) is 0.292. The van der Waals surface area contributed by atoms with Crippen molar-refractivity contribution in [3.63, 3.8) is 0 Å². The SMILES string of the molecule is COC(=O)CCCC(=O)Nc1cc(N(C)c2cc(C)nc3ccccc23)ccc1OC. The molecule has 1 amide bonds. The first-order chi connectivity index (χ1) is 14.9. The predicted molar refractivity (Wildman–Crippen MR) is 122 cm³/mol. The Morgan fingerprint density at radius 2 is 1.84 bits per heavy atom. The first-order valence-corrected chi connectivity index (χ1v) is 10.1. The molecule has 162 valence electrons. The highest BCUT2D eigenvalue weighted by Gasteiger charge is 2.14. The average molecular weight is 421 g/mol. The topological polar surface area (TPSA) is 80.8 Å². The van der Waals surface area contributed by atoms with Crippen LogP contribution < -0.4 is 15.0 Å². The van der Waals surface area contributed by atoms with E-state index in [0.29, 0.717) is 17.9 Å². The van der Waals surface area contributed by atoms with Gasteiger partial charge in [0, 0.05) is 36.7 Å². The number of benzene rings is 2. The van der Waals surface area contributed by atoms with Gasteiger partial charge in [-0.15, -0.1) is 0 Å². The summed E-state index contributed by atoms with van der Waals surface area (Å²) in [7, 11) is 4.87. The number of amides is 1. The number of rotatable bonds is 8. The highest BCUT2D eigenvalue weighted by Crippen LogP contribution is 2.35. The molecule has 0 atom stereocenters. The summed E-state index contributed by atoms with van der Waals surface area (Å²) in [6.45, 7) is 1.97. The smallest absolute Gasteiger partial charge is 0.305 e. The van der Waals surface area contributed by atoms with Gasteiger partial charge in [0.1, 0.15) is 5.75 Å². The number of para-hydroxylation sites is 1. The van der Waals surface area contributed by atoms with Crippen molar-refractivity contribution in [2.45, 2.75) is 26.2 Å². The minimum atomic E-state index is -0.325. The van der Waals surface area contributed by atoms with Crippen LogP contribution in [0.15, 0.2) is 48.5 Å². The zero-order chi connectivity index (χ0) is 22.4. The normalized spacial score (nSPS) is 10.6. The summed E-state index contributed by atoms with van der Waals surface area (Å²) in [6.07, 6.45) is 0.841. The Kier molecular flexibility index (Phi) is 7.07. The number of methoxy groups -OCH3 is 2. The fourth-order valence-corrected chi connectivity index (χ4v) is 3.41. The molecule has 0 aliphatic carbocycles. The highest BCUT2D eigenvalue weighted by atomic mass is 16.5. The molecule has 7 heteroatoms. The number of anilines is 3. The van der Waals surface area contributed by atoms with Crippen molar-refractivity contribution in [1.29, 1.82) is 0 Å². The second kappa shape index (κ2) is 9.93. The second-order valence-corrected chi connectivity index (χ2v) is 7.22. The Balaban J connectivity index is 1.85. The number of nitrogens with zero attached hydrogens (tertiary/aromatic N) is 2. The van der Waals surface area contributed by atoms with Gasteiger partial charge in [0.05, 0.1) is 31.1 Å². The fourth-order valence-electron chi connectivity index (χ4n) is 3.41. The molecule has 0 unspecified atom stereocenters. The van der Waals surface area contributed by atoms with E-state index in [1.165, 1.54) is 7.11 Å². The molecule has 0 saturated carbocycles. The second-order valence-electron chi connectivity index (χ2n) is 7.22. The number of nitrogens with one attached hydrogen (secondary N) is 1. The van der Waals surface area contributed by atoms with Gasteiger partial charge in [0.25, 0.3) is 0 Å². The van der Waals surface area contributed by atoms with E-state index in [0.717, 1.165) is 28.0 Å². The number of ether oxygens (including phenoxy) is 2. The molecular formula is C24H27N3O4. The van der Waals surface area contributed by atoms with E-state index >= 15 is 0 Å². The standard InChI is InChI=1S/C24H27N3O4/c1-16-14-21(18-8-5-6-9-19(18)25-16)27(2)17-12-13-22(30-3)20(15-17)26-23(28)10-7-11-24(29)31-4/h5-6,8-9,12-15H,7,10-11H2,1-4H3,(H,26,28). The van der Waals surface area contributed by atoms with Crippen molar-refractivity contribution in [3.8, 4) is 5.75 Å². The molecule has 0 saturated heterocycles. The third kappa shape index (κ3) is 5.31. The molecule has 3 rings (SSSR count). The number of hydrogen-bond acceptors (Lipinski definition) is 6. The quantitative estimate of drug-likeness (QED) is 0.536. The number of hydrogen-bond donors (Lipinski definition) is 1. The van der Waals surface area contributed by atoms with Crippen molar-refractivity contribution in [2.75, 3.05) is 31.5 Å². The molecule has 0 radical (unpaired) electrons. The summed E-state index contributed by atoms with van der Waals surface area (Å²) in [5.41, 5.74) is 4.33. The summed E-state index contributed by atoms with van der Waals surface area (Å²) in [5.74, 6) is 0.0512. The summed E-state index contributed by atoms with van der Waals surface area (Å²) in [4.78, 5) is 30.3. The largest absolute Gasteiger partial charge is 0.495 e. The zero-order valence-electron chi connectivity index (χ0n) is 18.3. The van der Waals surface area contributed by atoms with Crippen LogP contribution in [0.1, 0.15) is 25.0 Å². The number of pyridine rings is 1. The van der Waals surface area contributed by atoms with Gasteiger partial charge in [-0.1, -0.05) is 18.2 Å². The lowest BCUT2D eigenvalue weighted by Gasteiger charge is -2.23. The van der Waals surface area contributed by atoms with Crippen molar-refractivity contribution in [1.82, 2.24) is 4.98 Å². The Hall–Kier alpha value is -3.61. The van der Waals surface area contributed by atoms with Gasteiger partial charge in [-0.3, -0.25) is 14.6 Å². The lowest BCUT2D eigenvalue weighted by molar-refractivity contribution is -0.140. The van der Waals surface area contributed by atoms with Crippen molar-refractivity contribution >= 4 is 39.8 Å². The van der Waals surface area contributed by atoms with Crippen molar-refractivity contribution in [2.24, 2.45) is 0 Å². The van der Waals surface area contributed by atoms with Crippen LogP contribution in [-0.2, 0) is 14.3 Å². The number of carbonyl (C=O) groups is 2. The monoisotopic (exact) mass is 421 g/mol. The Labute approximate surface area is 182 Å². The molecular weight excluding hydrogens is 394 g/mol. The van der Waals surface area contributed by atoms with Crippen LogP contribution in [0.25, 0.3) is 10.9 Å². The molecule has 3 aromatic rings. The molecule has 0 spiro atoms. The Morgan fingerprint density at radius 3 is 2.58 bits per heavy atom. The maximum Gasteiger partial charge on any atom is 0.305 e. The summed E-state index contributed by atoms with van der Waals surface area (Å²) >= 11 is 0. The van der Waals surface area contributed by atoms with E-state index in [1.807, 2.05) is 62.5 Å². The van der Waals surface area contributed by atoms with Gasteiger partial charge in [-0.05, 0) is 43.7 Å². The average Bonchev–Trinajstić information content (AvgIpc) is 2.77. The lowest BCUT2D eigenvalue weighted by atomic mass is 10.1. The first-order valence-electron chi connectivity index (χ1n) is 10.1. The van der Waals surface area contributed by atoms with Crippen LogP contribution in [0.5, 0.6) is 5.75 Å². The van der Waals surface area contributed by atoms with Gasteiger partial charge < -0.3 is 19.7 Å². The van der Waals surface area contributed by atoms with Crippen LogP contribution in [0.4, 0.5) is 17.1 Å². The number of aryl methyl sites for hydroxylation is 1. The van der Waals surface area contributed by atoms with Crippen LogP contribution in [0, 0.1) is 6.92 Å². The van der Waals surface area contributed by atoms with Gasteiger partial charge in [0.15, 0.2) is 0 Å². The van der Waals surface area contributed by atoms with Gasteiger partial charge in [0.2, 0.25) is 5.91 Å². The molecule has 0 fully saturated rings. The third-order valence-electron chi connectivity index (χ3n) is 5.04. The van der Waals surface area contributed by atoms with E-state index in [2.05, 4.69) is 19.9 Å². The molecule has 1 heterocycles. The Morgan fingerprint density at radius 1 is 1.06 bits per heavy atom. The summed E-state index contributed by atoms with van der Waals surface area (Å²) < 4.78 is 10.0. The maximum atomic E-state index is 12.4. The predicted octanol–water partition coefficient (Wildman–Crippen LogP) is 4.60. The molecule has 1 N–H and O–H groups in total. The number of fused-ring (bicyclic) bond motifs is 1. The van der Waals surface area contributed by atoms with E-state index in [1.54, 1.807) is 7.11 Å². The van der Waals surface area contributed by atoms with Crippen LogP contribution in [-0.4, -0.2) is 38.1 Å². The molecule has 0 aliphatic rings. The molecule has 1 aromatic heterocycles. The van der Waals surface area contributed by atoms with Crippen LogP contribution >= 0.6 is 0 Å². The number of esters is 1. The molecule has 0 aliphatic heterocycles. The van der Waals surface area contributed by atoms with Gasteiger partial charge in [-0.2, -0.15) is 0 Å². The van der Waals surface area contributed by atoms with Crippen molar-refractivity contribution < 1.29 is 19.1 Å². The minimum absolute atomic E-state index is 0.188. The van der Waals surface area contributed by atoms with Crippen LogP contribution in [0.2, 0.25) is 0 Å². The van der Waals surface area contributed by atoms with Gasteiger partial charge in [-0.25, -0.2) is 0 Å². The molecule has 31 heavy (non-hydrogen) atoms. The lowest BCUT2D eigenvalue weighted by Crippen LogP contribution is -2.15. The van der Waals surface area contributed by atoms with Gasteiger partial charge >= 0.3 is 5.97 Å².